The fourth-order valence-corrected chi connectivity index (χ4v) is 1.76. The van der Waals surface area contributed by atoms with Crippen molar-refractivity contribution in [3.05, 3.63) is 0 Å². The number of carbonyl (C=O) groups is 1. The van der Waals surface area contributed by atoms with Crippen LogP contribution in [0.1, 0.15) is 6.92 Å². The molecule has 0 unspecified atom stereocenters. The molecule has 1 aliphatic heterocycles. The standard InChI is InChI=1S/C5H9NO2S/c1-3-4(5(7)8)6-2-9-3/h3-4,6H,2H2,1H3,(H,7,8)/t3-,4+/m1/s1. The highest BCUT2D eigenvalue weighted by Crippen LogP contribution is 2.19. The highest BCUT2D eigenvalue weighted by atomic mass is 32.2. The van der Waals surface area contributed by atoms with Crippen LogP contribution in [0.25, 0.3) is 0 Å². The fourth-order valence-electron chi connectivity index (χ4n) is 0.820. The number of aliphatic carboxylic acids is 1. The summed E-state index contributed by atoms with van der Waals surface area (Å²) in [6.07, 6.45) is 0. The van der Waals surface area contributed by atoms with Gasteiger partial charge in [0.2, 0.25) is 0 Å². The monoisotopic (exact) mass is 147 g/mol. The quantitative estimate of drug-likeness (QED) is 0.553. The van der Waals surface area contributed by atoms with Crippen LogP contribution in [0.4, 0.5) is 0 Å². The molecular weight excluding hydrogens is 138 g/mol. The van der Waals surface area contributed by atoms with E-state index in [1.165, 1.54) is 0 Å². The van der Waals surface area contributed by atoms with Crippen molar-refractivity contribution >= 4 is 17.7 Å². The SMILES string of the molecule is C[C@H]1SCN[C@@H]1C(=O)O. The molecule has 9 heavy (non-hydrogen) atoms. The Morgan fingerprint density at radius 3 is 2.78 bits per heavy atom. The Labute approximate surface area is 57.8 Å². The summed E-state index contributed by atoms with van der Waals surface area (Å²) in [4.78, 5) is 10.3. The van der Waals surface area contributed by atoms with Gasteiger partial charge in [0, 0.05) is 11.1 Å². The molecule has 1 heterocycles. The first-order valence-electron chi connectivity index (χ1n) is 2.79. The second-order valence-corrected chi connectivity index (χ2v) is 3.40. The molecule has 1 fully saturated rings. The molecule has 2 N–H and O–H groups in total. The van der Waals surface area contributed by atoms with Crippen molar-refractivity contribution in [3.8, 4) is 0 Å². The van der Waals surface area contributed by atoms with Gasteiger partial charge >= 0.3 is 5.97 Å². The first-order chi connectivity index (χ1) is 4.22. The topological polar surface area (TPSA) is 49.3 Å². The maximum atomic E-state index is 10.3. The van der Waals surface area contributed by atoms with Crippen molar-refractivity contribution in [2.24, 2.45) is 0 Å². The third-order valence-electron chi connectivity index (χ3n) is 1.38. The molecule has 1 rings (SSSR count). The smallest absolute Gasteiger partial charge is 0.321 e. The molecule has 0 aromatic carbocycles. The molecule has 1 saturated heterocycles. The summed E-state index contributed by atoms with van der Waals surface area (Å²) in [6, 6.07) is -0.338. The van der Waals surface area contributed by atoms with Gasteiger partial charge in [0.25, 0.3) is 0 Å². The van der Waals surface area contributed by atoms with Gasteiger partial charge in [-0.1, -0.05) is 6.92 Å². The number of carboxylic acid groups (broad SMARTS) is 1. The molecule has 0 bridgehead atoms. The summed E-state index contributed by atoms with van der Waals surface area (Å²) in [6.45, 7) is 1.92. The van der Waals surface area contributed by atoms with Crippen molar-refractivity contribution in [1.82, 2.24) is 5.32 Å². The molecule has 52 valence electrons. The predicted molar refractivity (Wildman–Crippen MR) is 36.5 cm³/mol. The molecule has 0 amide bonds. The van der Waals surface area contributed by atoms with Gasteiger partial charge < -0.3 is 5.11 Å². The van der Waals surface area contributed by atoms with E-state index in [2.05, 4.69) is 5.32 Å². The maximum Gasteiger partial charge on any atom is 0.321 e. The van der Waals surface area contributed by atoms with Crippen molar-refractivity contribution in [3.63, 3.8) is 0 Å². The first kappa shape index (κ1) is 6.89. The summed E-state index contributed by atoms with van der Waals surface area (Å²) in [5.74, 6) is 0.0190. The molecule has 0 aliphatic carbocycles. The number of hydrogen-bond acceptors (Lipinski definition) is 3. The minimum absolute atomic E-state index is 0.211. The largest absolute Gasteiger partial charge is 0.480 e. The van der Waals surface area contributed by atoms with Crippen LogP contribution in [0.3, 0.4) is 0 Å². The third kappa shape index (κ3) is 1.37. The van der Waals surface area contributed by atoms with Crippen LogP contribution in [0.5, 0.6) is 0 Å². The van der Waals surface area contributed by atoms with Gasteiger partial charge in [-0.3, -0.25) is 10.1 Å². The Kier molecular flexibility index (Phi) is 1.97. The lowest BCUT2D eigenvalue weighted by Gasteiger charge is -2.06. The van der Waals surface area contributed by atoms with Crippen molar-refractivity contribution in [1.29, 1.82) is 0 Å². The van der Waals surface area contributed by atoms with E-state index < -0.39 is 5.97 Å². The maximum absolute atomic E-state index is 10.3. The molecule has 4 heteroatoms. The zero-order chi connectivity index (χ0) is 6.85. The minimum atomic E-state index is -0.743. The van der Waals surface area contributed by atoms with E-state index in [9.17, 15) is 4.79 Å². The highest BCUT2D eigenvalue weighted by molar-refractivity contribution is 8.00. The van der Waals surface area contributed by atoms with Crippen LogP contribution in [-0.4, -0.2) is 28.2 Å². The average molecular weight is 147 g/mol. The summed E-state index contributed by atoms with van der Waals surface area (Å²) in [7, 11) is 0. The lowest BCUT2D eigenvalue weighted by molar-refractivity contribution is -0.139. The van der Waals surface area contributed by atoms with Crippen molar-refractivity contribution in [2.45, 2.75) is 18.2 Å². The van der Waals surface area contributed by atoms with Gasteiger partial charge in [-0.2, -0.15) is 0 Å². The summed E-state index contributed by atoms with van der Waals surface area (Å²) in [5.41, 5.74) is 0. The summed E-state index contributed by atoms with van der Waals surface area (Å²) in [5, 5.41) is 11.6. The molecule has 2 atom stereocenters. The molecular formula is C5H9NO2S. The molecule has 0 saturated carbocycles. The van der Waals surface area contributed by atoms with Gasteiger partial charge in [-0.05, 0) is 0 Å². The van der Waals surface area contributed by atoms with Crippen LogP contribution in [-0.2, 0) is 4.79 Å². The van der Waals surface area contributed by atoms with E-state index in [0.29, 0.717) is 0 Å². The number of rotatable bonds is 1. The number of thioether (sulfide) groups is 1. The van der Waals surface area contributed by atoms with Crippen LogP contribution in [0.15, 0.2) is 0 Å². The van der Waals surface area contributed by atoms with Gasteiger partial charge in [0.05, 0.1) is 0 Å². The van der Waals surface area contributed by atoms with Crippen LogP contribution >= 0.6 is 11.8 Å². The van der Waals surface area contributed by atoms with E-state index in [1.807, 2.05) is 6.92 Å². The van der Waals surface area contributed by atoms with E-state index >= 15 is 0 Å². The molecule has 0 aromatic heterocycles. The minimum Gasteiger partial charge on any atom is -0.480 e. The van der Waals surface area contributed by atoms with Crippen LogP contribution < -0.4 is 5.32 Å². The lowest BCUT2D eigenvalue weighted by Crippen LogP contribution is -2.36. The van der Waals surface area contributed by atoms with E-state index in [1.54, 1.807) is 11.8 Å². The third-order valence-corrected chi connectivity index (χ3v) is 2.52. The van der Waals surface area contributed by atoms with Gasteiger partial charge in [-0.15, -0.1) is 11.8 Å². The Morgan fingerprint density at radius 2 is 2.56 bits per heavy atom. The highest BCUT2D eigenvalue weighted by Gasteiger charge is 2.29. The first-order valence-corrected chi connectivity index (χ1v) is 3.84. The lowest BCUT2D eigenvalue weighted by atomic mass is 10.2. The normalized spacial score (nSPS) is 34.8. The summed E-state index contributed by atoms with van der Waals surface area (Å²) < 4.78 is 0. The van der Waals surface area contributed by atoms with Crippen molar-refractivity contribution < 1.29 is 9.90 Å². The zero-order valence-corrected chi connectivity index (χ0v) is 5.94. The second kappa shape index (κ2) is 2.58. The average Bonchev–Trinajstić information content (AvgIpc) is 2.13. The Hall–Kier alpha value is -0.220. The molecule has 0 aromatic rings. The molecule has 3 nitrogen and oxygen atoms in total. The number of hydrogen-bond donors (Lipinski definition) is 2. The predicted octanol–water partition coefficient (Wildman–Crippen LogP) is 0.122. The van der Waals surface area contributed by atoms with Crippen LogP contribution in [0.2, 0.25) is 0 Å². The molecule has 0 radical (unpaired) electrons. The Bertz CT molecular complexity index is 128. The Morgan fingerprint density at radius 1 is 1.89 bits per heavy atom. The van der Waals surface area contributed by atoms with Crippen LogP contribution in [0, 0.1) is 0 Å². The van der Waals surface area contributed by atoms with Gasteiger partial charge in [-0.25, -0.2) is 0 Å². The van der Waals surface area contributed by atoms with E-state index in [4.69, 9.17) is 5.11 Å². The Balaban J connectivity index is 2.49. The molecule has 0 spiro atoms. The summed E-state index contributed by atoms with van der Waals surface area (Å²) >= 11 is 1.64. The van der Waals surface area contributed by atoms with Gasteiger partial charge in [0.15, 0.2) is 0 Å². The fraction of sp³-hybridized carbons (Fsp3) is 0.800. The molecule has 1 aliphatic rings. The van der Waals surface area contributed by atoms with Crippen molar-refractivity contribution in [2.75, 3.05) is 5.88 Å². The van der Waals surface area contributed by atoms with Gasteiger partial charge in [0.1, 0.15) is 6.04 Å². The zero-order valence-electron chi connectivity index (χ0n) is 5.13. The number of nitrogens with one attached hydrogen (secondary N) is 1. The van der Waals surface area contributed by atoms with E-state index in [0.717, 1.165) is 5.88 Å². The van der Waals surface area contributed by atoms with E-state index in [-0.39, 0.29) is 11.3 Å². The number of carboxylic acids is 1. The second-order valence-electron chi connectivity index (χ2n) is 2.04.